The number of aromatic nitrogens is 3. The van der Waals surface area contributed by atoms with Crippen molar-refractivity contribution in [2.24, 2.45) is 5.73 Å². The van der Waals surface area contributed by atoms with Crippen LogP contribution >= 0.6 is 0 Å². The van der Waals surface area contributed by atoms with E-state index in [4.69, 9.17) is 5.73 Å². The summed E-state index contributed by atoms with van der Waals surface area (Å²) in [5.41, 5.74) is 8.50. The van der Waals surface area contributed by atoms with Crippen LogP contribution in [0.2, 0.25) is 0 Å². The Morgan fingerprint density at radius 2 is 2.38 bits per heavy atom. The van der Waals surface area contributed by atoms with Crippen LogP contribution in [-0.4, -0.2) is 15.0 Å². The number of imidazole rings is 1. The van der Waals surface area contributed by atoms with Crippen molar-refractivity contribution in [1.29, 1.82) is 0 Å². The highest BCUT2D eigenvalue weighted by Crippen LogP contribution is 2.18. The molecular weight excluding hydrogens is 164 g/mol. The van der Waals surface area contributed by atoms with Crippen LogP contribution in [0.5, 0.6) is 0 Å². The number of H-pyrrole nitrogens is 2. The molecule has 0 aliphatic carbocycles. The first-order chi connectivity index (χ1) is 6.31. The van der Waals surface area contributed by atoms with Gasteiger partial charge in [-0.15, -0.1) is 0 Å². The SMILES string of the molecule is Cc1[nH]c(CN)nc1-c1ccc[nH]1. The second-order valence-electron chi connectivity index (χ2n) is 2.95. The third-order valence-electron chi connectivity index (χ3n) is 1.98. The van der Waals surface area contributed by atoms with E-state index in [1.807, 2.05) is 25.3 Å². The maximum atomic E-state index is 5.48. The second-order valence-corrected chi connectivity index (χ2v) is 2.95. The molecule has 0 spiro atoms. The van der Waals surface area contributed by atoms with E-state index in [-0.39, 0.29) is 0 Å². The van der Waals surface area contributed by atoms with Gasteiger partial charge in [0.2, 0.25) is 0 Å². The van der Waals surface area contributed by atoms with E-state index >= 15 is 0 Å². The number of rotatable bonds is 2. The van der Waals surface area contributed by atoms with E-state index in [1.165, 1.54) is 0 Å². The van der Waals surface area contributed by atoms with Crippen LogP contribution in [0.4, 0.5) is 0 Å². The van der Waals surface area contributed by atoms with Crippen molar-refractivity contribution in [1.82, 2.24) is 15.0 Å². The summed E-state index contributed by atoms with van der Waals surface area (Å²) in [4.78, 5) is 10.6. The average Bonchev–Trinajstić information content (AvgIpc) is 2.72. The van der Waals surface area contributed by atoms with Gasteiger partial charge < -0.3 is 15.7 Å². The Morgan fingerprint density at radius 3 is 2.92 bits per heavy atom. The van der Waals surface area contributed by atoms with Crippen LogP contribution < -0.4 is 5.73 Å². The summed E-state index contributed by atoms with van der Waals surface area (Å²) in [6.45, 7) is 2.43. The molecule has 0 aliphatic heterocycles. The molecule has 0 fully saturated rings. The number of hydrogen-bond donors (Lipinski definition) is 3. The lowest BCUT2D eigenvalue weighted by molar-refractivity contribution is 0.944. The Morgan fingerprint density at radius 1 is 1.54 bits per heavy atom. The summed E-state index contributed by atoms with van der Waals surface area (Å²) < 4.78 is 0. The van der Waals surface area contributed by atoms with Crippen LogP contribution in [0.3, 0.4) is 0 Å². The van der Waals surface area contributed by atoms with Crippen molar-refractivity contribution in [2.75, 3.05) is 0 Å². The third-order valence-corrected chi connectivity index (χ3v) is 1.98. The molecule has 0 amide bonds. The van der Waals surface area contributed by atoms with Gasteiger partial charge in [-0.25, -0.2) is 4.98 Å². The largest absolute Gasteiger partial charge is 0.360 e. The highest BCUT2D eigenvalue weighted by molar-refractivity contribution is 5.57. The normalized spacial score (nSPS) is 10.6. The van der Waals surface area contributed by atoms with E-state index in [0.717, 1.165) is 22.9 Å². The van der Waals surface area contributed by atoms with Crippen LogP contribution in [0.15, 0.2) is 18.3 Å². The molecule has 4 heteroatoms. The molecule has 4 N–H and O–H groups in total. The smallest absolute Gasteiger partial charge is 0.120 e. The van der Waals surface area contributed by atoms with Gasteiger partial charge in [0.05, 0.1) is 12.2 Å². The summed E-state index contributed by atoms with van der Waals surface area (Å²) >= 11 is 0. The van der Waals surface area contributed by atoms with E-state index in [1.54, 1.807) is 0 Å². The predicted octanol–water partition coefficient (Wildman–Crippen LogP) is 1.17. The van der Waals surface area contributed by atoms with Crippen LogP contribution in [0, 0.1) is 6.92 Å². The molecule has 4 nitrogen and oxygen atoms in total. The molecule has 0 saturated heterocycles. The van der Waals surface area contributed by atoms with Crippen LogP contribution in [-0.2, 0) is 6.54 Å². The number of nitrogens with two attached hydrogens (primary N) is 1. The summed E-state index contributed by atoms with van der Waals surface area (Å²) in [6.07, 6.45) is 1.88. The first-order valence-electron chi connectivity index (χ1n) is 4.20. The van der Waals surface area contributed by atoms with Gasteiger partial charge in [-0.1, -0.05) is 0 Å². The van der Waals surface area contributed by atoms with E-state index in [0.29, 0.717) is 6.54 Å². The fraction of sp³-hybridized carbons (Fsp3) is 0.222. The Balaban J connectivity index is 2.46. The van der Waals surface area contributed by atoms with Gasteiger partial charge in [-0.3, -0.25) is 0 Å². The zero-order valence-corrected chi connectivity index (χ0v) is 7.46. The summed E-state index contributed by atoms with van der Waals surface area (Å²) in [5.74, 6) is 0.821. The topological polar surface area (TPSA) is 70.5 Å². The molecule has 0 saturated carbocycles. The molecule has 0 atom stereocenters. The monoisotopic (exact) mass is 176 g/mol. The fourth-order valence-corrected chi connectivity index (χ4v) is 1.36. The van der Waals surface area contributed by atoms with Crippen molar-refractivity contribution in [2.45, 2.75) is 13.5 Å². The third kappa shape index (κ3) is 1.36. The molecule has 2 aromatic rings. The summed E-state index contributed by atoms with van der Waals surface area (Å²) in [6, 6.07) is 3.94. The first-order valence-corrected chi connectivity index (χ1v) is 4.20. The molecule has 2 aromatic heterocycles. The molecule has 0 unspecified atom stereocenters. The highest BCUT2D eigenvalue weighted by Gasteiger charge is 2.07. The van der Waals surface area contributed by atoms with Gasteiger partial charge >= 0.3 is 0 Å². The minimum atomic E-state index is 0.446. The molecule has 2 rings (SSSR count). The van der Waals surface area contributed by atoms with Crippen molar-refractivity contribution < 1.29 is 0 Å². The maximum absolute atomic E-state index is 5.48. The van der Waals surface area contributed by atoms with Gasteiger partial charge in [0.15, 0.2) is 0 Å². The highest BCUT2D eigenvalue weighted by atomic mass is 15.0. The lowest BCUT2D eigenvalue weighted by Crippen LogP contribution is -1.97. The molecule has 2 heterocycles. The van der Waals surface area contributed by atoms with E-state index in [2.05, 4.69) is 15.0 Å². The van der Waals surface area contributed by atoms with Gasteiger partial charge in [0, 0.05) is 11.9 Å². The zero-order valence-electron chi connectivity index (χ0n) is 7.46. The zero-order chi connectivity index (χ0) is 9.26. The summed E-state index contributed by atoms with van der Waals surface area (Å²) in [5, 5.41) is 0. The lowest BCUT2D eigenvalue weighted by Gasteiger charge is -1.91. The van der Waals surface area contributed by atoms with Gasteiger partial charge in [-0.2, -0.15) is 0 Å². The molecule has 0 radical (unpaired) electrons. The van der Waals surface area contributed by atoms with Crippen molar-refractivity contribution in [3.63, 3.8) is 0 Å². The fourth-order valence-electron chi connectivity index (χ4n) is 1.36. The molecule has 0 bridgehead atoms. The molecule has 0 aliphatic rings. The van der Waals surface area contributed by atoms with Crippen LogP contribution in [0.25, 0.3) is 11.4 Å². The Labute approximate surface area is 76.2 Å². The number of nitrogens with one attached hydrogen (secondary N) is 2. The molecule has 0 aromatic carbocycles. The molecular formula is C9H12N4. The number of aromatic amines is 2. The van der Waals surface area contributed by atoms with Crippen molar-refractivity contribution >= 4 is 0 Å². The summed E-state index contributed by atoms with van der Waals surface area (Å²) in [7, 11) is 0. The minimum absolute atomic E-state index is 0.446. The van der Waals surface area contributed by atoms with Crippen molar-refractivity contribution in [3.8, 4) is 11.4 Å². The predicted molar refractivity (Wildman–Crippen MR) is 51.0 cm³/mol. The quantitative estimate of drug-likeness (QED) is 0.642. The van der Waals surface area contributed by atoms with Gasteiger partial charge in [-0.05, 0) is 19.1 Å². The van der Waals surface area contributed by atoms with Crippen molar-refractivity contribution in [3.05, 3.63) is 29.8 Å². The average molecular weight is 176 g/mol. The van der Waals surface area contributed by atoms with E-state index < -0.39 is 0 Å². The number of nitrogens with zero attached hydrogens (tertiary/aromatic N) is 1. The Hall–Kier alpha value is -1.55. The van der Waals surface area contributed by atoms with Gasteiger partial charge in [0.25, 0.3) is 0 Å². The standard InChI is InChI=1S/C9H12N4/c1-6-9(7-3-2-4-11-7)13-8(5-10)12-6/h2-4,11H,5,10H2,1H3,(H,12,13). The maximum Gasteiger partial charge on any atom is 0.120 e. The van der Waals surface area contributed by atoms with Gasteiger partial charge in [0.1, 0.15) is 11.5 Å². The number of hydrogen-bond acceptors (Lipinski definition) is 2. The minimum Gasteiger partial charge on any atom is -0.360 e. The lowest BCUT2D eigenvalue weighted by atomic mass is 10.3. The number of aryl methyl sites for hydroxylation is 1. The Kier molecular flexibility index (Phi) is 1.90. The van der Waals surface area contributed by atoms with Crippen LogP contribution in [0.1, 0.15) is 11.5 Å². The Bertz CT molecular complexity index is 386. The molecule has 13 heavy (non-hydrogen) atoms. The first kappa shape index (κ1) is 8.07. The molecule has 68 valence electrons. The van der Waals surface area contributed by atoms with E-state index in [9.17, 15) is 0 Å². The second kappa shape index (κ2) is 3.06.